The molecule has 0 saturated heterocycles. The van der Waals surface area contributed by atoms with Crippen molar-refractivity contribution in [3.8, 4) is 11.5 Å². The molecule has 0 aromatic heterocycles. The Morgan fingerprint density at radius 2 is 1.66 bits per heavy atom. The van der Waals surface area contributed by atoms with Crippen LogP contribution >= 0.6 is 0 Å². The van der Waals surface area contributed by atoms with Crippen LogP contribution in [0.15, 0.2) is 71.6 Å². The molecule has 29 heavy (non-hydrogen) atoms. The minimum Gasteiger partial charge on any atom is -0.504 e. The summed E-state index contributed by atoms with van der Waals surface area (Å²) in [5.74, 6) is 0.0940. The number of nitrogens with zero attached hydrogens (tertiary/aromatic N) is 1. The molecule has 0 saturated carbocycles. The number of ether oxygens (including phenoxy) is 1. The largest absolute Gasteiger partial charge is 0.504 e. The predicted octanol–water partition coefficient (Wildman–Crippen LogP) is 4.76. The van der Waals surface area contributed by atoms with Gasteiger partial charge in [-0.3, -0.25) is 4.31 Å². The maximum Gasteiger partial charge on any atom is 0.264 e. The molecule has 1 aliphatic rings. The number of hydrogen-bond donors (Lipinski definition) is 1. The molecule has 0 radical (unpaired) electrons. The van der Waals surface area contributed by atoms with Crippen molar-refractivity contribution < 1.29 is 18.3 Å². The van der Waals surface area contributed by atoms with E-state index in [1.165, 1.54) is 11.4 Å². The van der Waals surface area contributed by atoms with Gasteiger partial charge >= 0.3 is 0 Å². The van der Waals surface area contributed by atoms with E-state index in [9.17, 15) is 13.5 Å². The predicted molar refractivity (Wildman–Crippen MR) is 113 cm³/mol. The molecule has 0 aliphatic carbocycles. The van der Waals surface area contributed by atoms with E-state index < -0.39 is 16.1 Å². The topological polar surface area (TPSA) is 66.8 Å². The summed E-state index contributed by atoms with van der Waals surface area (Å²) < 4.78 is 34.1. The monoisotopic (exact) mass is 409 g/mol. The molecule has 3 aromatic rings. The van der Waals surface area contributed by atoms with Crippen LogP contribution in [-0.2, 0) is 10.0 Å². The van der Waals surface area contributed by atoms with Gasteiger partial charge in [-0.1, -0.05) is 55.0 Å². The minimum atomic E-state index is -3.83. The van der Waals surface area contributed by atoms with Gasteiger partial charge in [0.1, 0.15) is 0 Å². The molecule has 1 aliphatic heterocycles. The smallest absolute Gasteiger partial charge is 0.264 e. The molecule has 4 rings (SSSR count). The molecule has 1 heterocycles. The Hall–Kier alpha value is -2.99. The van der Waals surface area contributed by atoms with Crippen molar-refractivity contribution in [3.05, 3.63) is 83.4 Å². The summed E-state index contributed by atoms with van der Waals surface area (Å²) in [7, 11) is -2.38. The normalized spacial score (nSPS) is 18.5. The standard InChI is InChI=1S/C23H23NO4S/c1-15-9-11-17(12-10-15)23-16(2)19-13-21(25)22(28-3)14-20(19)24(23)29(26,27)18-7-5-4-6-8-18/h4-14,16,23,25H,1-3H3. The lowest BCUT2D eigenvalue weighted by Gasteiger charge is -2.29. The second-order valence-corrected chi connectivity index (χ2v) is 9.16. The highest BCUT2D eigenvalue weighted by Crippen LogP contribution is 2.53. The van der Waals surface area contributed by atoms with E-state index in [1.807, 2.05) is 38.1 Å². The van der Waals surface area contributed by atoms with E-state index in [-0.39, 0.29) is 22.3 Å². The first-order valence-corrected chi connectivity index (χ1v) is 10.9. The van der Waals surface area contributed by atoms with Crippen LogP contribution in [0.2, 0.25) is 0 Å². The number of hydrogen-bond acceptors (Lipinski definition) is 4. The fourth-order valence-electron chi connectivity index (χ4n) is 3.99. The maximum atomic E-state index is 13.7. The molecular weight excluding hydrogens is 386 g/mol. The highest BCUT2D eigenvalue weighted by atomic mass is 32.2. The number of rotatable bonds is 4. The van der Waals surface area contributed by atoms with E-state index in [0.717, 1.165) is 16.7 Å². The zero-order valence-corrected chi connectivity index (χ0v) is 17.3. The zero-order valence-electron chi connectivity index (χ0n) is 16.5. The molecule has 0 fully saturated rings. The van der Waals surface area contributed by atoms with Gasteiger partial charge in [-0.15, -0.1) is 0 Å². The molecule has 0 spiro atoms. The Bertz CT molecular complexity index is 1140. The summed E-state index contributed by atoms with van der Waals surface area (Å²) >= 11 is 0. The summed E-state index contributed by atoms with van der Waals surface area (Å²) in [4.78, 5) is 0.226. The molecule has 1 N–H and O–H groups in total. The number of aromatic hydroxyl groups is 1. The average Bonchev–Trinajstić information content (AvgIpc) is 3.01. The van der Waals surface area contributed by atoms with Gasteiger partial charge in [-0.25, -0.2) is 8.42 Å². The number of methoxy groups -OCH3 is 1. The zero-order chi connectivity index (χ0) is 20.8. The summed E-state index contributed by atoms with van der Waals surface area (Å²) in [5.41, 5.74) is 3.31. The highest BCUT2D eigenvalue weighted by Gasteiger charge is 2.44. The highest BCUT2D eigenvalue weighted by molar-refractivity contribution is 7.92. The molecule has 3 aromatic carbocycles. The minimum absolute atomic E-state index is 0.000264. The van der Waals surface area contributed by atoms with Crippen molar-refractivity contribution in [2.75, 3.05) is 11.4 Å². The second-order valence-electron chi connectivity index (χ2n) is 7.34. The van der Waals surface area contributed by atoms with Gasteiger partial charge in [0.05, 0.1) is 23.7 Å². The average molecular weight is 410 g/mol. The number of sulfonamides is 1. The van der Waals surface area contributed by atoms with Gasteiger partial charge in [-0.05, 0) is 36.2 Å². The maximum absolute atomic E-state index is 13.7. The van der Waals surface area contributed by atoms with Gasteiger partial charge in [0, 0.05) is 12.0 Å². The first-order chi connectivity index (χ1) is 13.8. The first-order valence-electron chi connectivity index (χ1n) is 9.41. The molecule has 2 unspecified atom stereocenters. The third kappa shape index (κ3) is 3.13. The van der Waals surface area contributed by atoms with Crippen LogP contribution in [-0.4, -0.2) is 20.6 Å². The Kier molecular flexibility index (Phi) is 4.74. The quantitative estimate of drug-likeness (QED) is 0.674. The Labute approximate surface area is 171 Å². The molecule has 0 bridgehead atoms. The molecule has 5 nitrogen and oxygen atoms in total. The fraction of sp³-hybridized carbons (Fsp3) is 0.217. The Morgan fingerprint density at radius 3 is 2.28 bits per heavy atom. The number of aryl methyl sites for hydroxylation is 1. The molecule has 150 valence electrons. The number of anilines is 1. The summed E-state index contributed by atoms with van der Waals surface area (Å²) in [5, 5.41) is 10.3. The number of phenolic OH excluding ortho intramolecular Hbond substituents is 1. The lowest BCUT2D eigenvalue weighted by molar-refractivity contribution is 0.373. The lowest BCUT2D eigenvalue weighted by atomic mass is 9.92. The number of fused-ring (bicyclic) bond motifs is 1. The first kappa shape index (κ1) is 19.3. The van der Waals surface area contributed by atoms with Crippen LogP contribution in [0.4, 0.5) is 5.69 Å². The van der Waals surface area contributed by atoms with Crippen molar-refractivity contribution in [1.82, 2.24) is 0 Å². The Morgan fingerprint density at radius 1 is 1.00 bits per heavy atom. The van der Waals surface area contributed by atoms with Crippen molar-refractivity contribution in [1.29, 1.82) is 0 Å². The molecule has 0 amide bonds. The number of phenols is 1. The van der Waals surface area contributed by atoms with Gasteiger partial charge in [0.15, 0.2) is 11.5 Å². The summed E-state index contributed by atoms with van der Waals surface area (Å²) in [6, 6.07) is 19.1. The van der Waals surface area contributed by atoms with Crippen molar-refractivity contribution in [3.63, 3.8) is 0 Å². The van der Waals surface area contributed by atoms with Gasteiger partial charge in [-0.2, -0.15) is 0 Å². The van der Waals surface area contributed by atoms with Gasteiger partial charge in [0.25, 0.3) is 10.0 Å². The SMILES string of the molecule is COc1cc2c(cc1O)C(C)C(c1ccc(C)cc1)N2S(=O)(=O)c1ccccc1. The van der Waals surface area contributed by atoms with Crippen LogP contribution in [0.25, 0.3) is 0 Å². The lowest BCUT2D eigenvalue weighted by Crippen LogP contribution is -2.33. The van der Waals surface area contributed by atoms with E-state index >= 15 is 0 Å². The summed E-state index contributed by atoms with van der Waals surface area (Å²) in [6.07, 6.45) is 0. The van der Waals surface area contributed by atoms with Crippen molar-refractivity contribution >= 4 is 15.7 Å². The van der Waals surface area contributed by atoms with Crippen LogP contribution in [0.5, 0.6) is 11.5 Å². The third-order valence-electron chi connectivity index (χ3n) is 5.50. The molecule has 2 atom stereocenters. The van der Waals surface area contributed by atoms with E-state index in [2.05, 4.69) is 0 Å². The van der Waals surface area contributed by atoms with Crippen LogP contribution in [0, 0.1) is 6.92 Å². The second kappa shape index (κ2) is 7.12. The molecular formula is C23H23NO4S. The Balaban J connectivity index is 1.96. The van der Waals surface area contributed by atoms with Gasteiger partial charge < -0.3 is 9.84 Å². The van der Waals surface area contributed by atoms with Crippen LogP contribution in [0.1, 0.15) is 35.6 Å². The fourth-order valence-corrected chi connectivity index (χ4v) is 5.74. The van der Waals surface area contributed by atoms with E-state index in [0.29, 0.717) is 5.69 Å². The van der Waals surface area contributed by atoms with Crippen molar-refractivity contribution in [2.24, 2.45) is 0 Å². The van der Waals surface area contributed by atoms with Crippen molar-refractivity contribution in [2.45, 2.75) is 30.7 Å². The third-order valence-corrected chi connectivity index (χ3v) is 7.31. The van der Waals surface area contributed by atoms with Crippen LogP contribution in [0.3, 0.4) is 0 Å². The van der Waals surface area contributed by atoms with Gasteiger partial charge in [0.2, 0.25) is 0 Å². The summed E-state index contributed by atoms with van der Waals surface area (Å²) in [6.45, 7) is 3.98. The molecule has 6 heteroatoms. The number of benzene rings is 3. The van der Waals surface area contributed by atoms with Crippen LogP contribution < -0.4 is 9.04 Å². The van der Waals surface area contributed by atoms with E-state index in [1.54, 1.807) is 42.5 Å². The van der Waals surface area contributed by atoms with E-state index in [4.69, 9.17) is 4.74 Å².